The van der Waals surface area contributed by atoms with Crippen molar-refractivity contribution in [2.24, 2.45) is 0 Å². The van der Waals surface area contributed by atoms with E-state index in [0.717, 1.165) is 0 Å². The first-order valence-corrected chi connectivity index (χ1v) is 4.89. The van der Waals surface area contributed by atoms with Crippen molar-refractivity contribution in [3.63, 3.8) is 0 Å². The van der Waals surface area contributed by atoms with E-state index in [1.807, 2.05) is 20.8 Å². The Hall–Kier alpha value is -1.91. The van der Waals surface area contributed by atoms with Crippen molar-refractivity contribution in [1.82, 2.24) is 9.97 Å². The summed E-state index contributed by atoms with van der Waals surface area (Å²) in [5.74, 6) is -0.520. The van der Waals surface area contributed by atoms with Gasteiger partial charge >= 0.3 is 5.97 Å². The van der Waals surface area contributed by atoms with Gasteiger partial charge in [-0.25, -0.2) is 14.8 Å². The van der Waals surface area contributed by atoms with Crippen LogP contribution in [0.2, 0.25) is 0 Å². The van der Waals surface area contributed by atoms with Crippen molar-refractivity contribution >= 4 is 17.2 Å². The third-order valence-electron chi connectivity index (χ3n) is 2.12. The molecule has 2 aromatic heterocycles. The number of hydrogen-bond donors (Lipinski definition) is 1. The van der Waals surface area contributed by atoms with E-state index >= 15 is 0 Å². The van der Waals surface area contributed by atoms with Gasteiger partial charge in [-0.15, -0.1) is 0 Å². The highest BCUT2D eigenvalue weighted by Crippen LogP contribution is 2.24. The van der Waals surface area contributed by atoms with Crippen LogP contribution in [0, 0.1) is 0 Å². The maximum absolute atomic E-state index is 10.7. The normalized spacial score (nSPS) is 11.9. The fourth-order valence-corrected chi connectivity index (χ4v) is 1.26. The molecule has 0 fully saturated rings. The van der Waals surface area contributed by atoms with Crippen LogP contribution in [0.5, 0.6) is 0 Å². The van der Waals surface area contributed by atoms with E-state index in [0.29, 0.717) is 11.4 Å². The van der Waals surface area contributed by atoms with E-state index in [1.165, 1.54) is 6.07 Å². The molecule has 5 heteroatoms. The second kappa shape index (κ2) is 3.30. The molecule has 5 nitrogen and oxygen atoms in total. The highest BCUT2D eigenvalue weighted by Gasteiger charge is 2.21. The SMILES string of the molecule is CC(C)(C)c1nc2ccc(C(=O)O)nc2o1. The molecule has 16 heavy (non-hydrogen) atoms. The van der Waals surface area contributed by atoms with Crippen LogP contribution in [0.4, 0.5) is 0 Å². The highest BCUT2D eigenvalue weighted by molar-refractivity contribution is 5.87. The molecule has 0 spiro atoms. The first-order chi connectivity index (χ1) is 7.38. The molecule has 0 aromatic carbocycles. The Morgan fingerprint density at radius 2 is 2.00 bits per heavy atom. The minimum Gasteiger partial charge on any atom is -0.477 e. The summed E-state index contributed by atoms with van der Waals surface area (Å²) < 4.78 is 5.44. The van der Waals surface area contributed by atoms with E-state index in [2.05, 4.69) is 9.97 Å². The molecule has 0 saturated heterocycles. The maximum atomic E-state index is 10.7. The quantitative estimate of drug-likeness (QED) is 0.797. The third-order valence-corrected chi connectivity index (χ3v) is 2.12. The highest BCUT2D eigenvalue weighted by atomic mass is 16.4. The van der Waals surface area contributed by atoms with E-state index in [9.17, 15) is 4.79 Å². The van der Waals surface area contributed by atoms with Gasteiger partial charge in [0.05, 0.1) is 0 Å². The molecule has 2 heterocycles. The zero-order valence-electron chi connectivity index (χ0n) is 9.31. The number of rotatable bonds is 1. The average Bonchev–Trinajstić information content (AvgIpc) is 2.58. The summed E-state index contributed by atoms with van der Waals surface area (Å²) in [6.07, 6.45) is 0. The van der Waals surface area contributed by atoms with Crippen LogP contribution < -0.4 is 0 Å². The van der Waals surface area contributed by atoms with Crippen molar-refractivity contribution in [2.45, 2.75) is 26.2 Å². The van der Waals surface area contributed by atoms with Crippen LogP contribution in [0.3, 0.4) is 0 Å². The molecule has 0 unspecified atom stereocenters. The van der Waals surface area contributed by atoms with Gasteiger partial charge in [-0.05, 0) is 12.1 Å². The number of aromatic nitrogens is 2. The van der Waals surface area contributed by atoms with Gasteiger partial charge in [-0.1, -0.05) is 20.8 Å². The molecule has 0 atom stereocenters. The monoisotopic (exact) mass is 220 g/mol. The Kier molecular flexibility index (Phi) is 2.18. The molecule has 84 valence electrons. The summed E-state index contributed by atoms with van der Waals surface area (Å²) in [6, 6.07) is 3.02. The van der Waals surface area contributed by atoms with Gasteiger partial charge in [-0.2, -0.15) is 0 Å². The van der Waals surface area contributed by atoms with E-state index in [4.69, 9.17) is 9.52 Å². The lowest BCUT2D eigenvalue weighted by molar-refractivity contribution is 0.0690. The minimum atomic E-state index is -1.07. The summed E-state index contributed by atoms with van der Waals surface area (Å²) in [6.45, 7) is 5.90. The Bertz CT molecular complexity index is 552. The molecule has 0 saturated carbocycles. The van der Waals surface area contributed by atoms with E-state index in [-0.39, 0.29) is 16.8 Å². The number of fused-ring (bicyclic) bond motifs is 1. The number of pyridine rings is 1. The molecule has 1 N–H and O–H groups in total. The summed E-state index contributed by atoms with van der Waals surface area (Å²) in [5, 5.41) is 8.79. The van der Waals surface area contributed by atoms with Gasteiger partial charge < -0.3 is 9.52 Å². The van der Waals surface area contributed by atoms with Gasteiger partial charge in [-0.3, -0.25) is 0 Å². The summed E-state index contributed by atoms with van der Waals surface area (Å²) in [5.41, 5.74) is 0.591. The number of carbonyl (C=O) groups is 1. The maximum Gasteiger partial charge on any atom is 0.354 e. The standard InChI is InChI=1S/C11H12N2O3/c1-11(2,3)10-13-6-4-5-7(9(14)15)12-8(6)16-10/h4-5H,1-3H3,(H,14,15). The Labute approximate surface area is 92.1 Å². The summed E-state index contributed by atoms with van der Waals surface area (Å²) >= 11 is 0. The zero-order chi connectivity index (χ0) is 11.9. The number of carboxylic acids is 1. The number of nitrogens with zero attached hydrogens (tertiary/aromatic N) is 2. The molecule has 0 aliphatic rings. The van der Waals surface area contributed by atoms with Gasteiger partial charge in [0, 0.05) is 5.41 Å². The number of hydrogen-bond acceptors (Lipinski definition) is 4. The van der Waals surface area contributed by atoms with Gasteiger partial charge in [0.1, 0.15) is 5.52 Å². The van der Waals surface area contributed by atoms with E-state index < -0.39 is 5.97 Å². The van der Waals surface area contributed by atoms with Crippen molar-refractivity contribution in [3.05, 3.63) is 23.7 Å². The lowest BCUT2D eigenvalue weighted by Gasteiger charge is -2.11. The summed E-state index contributed by atoms with van der Waals surface area (Å²) in [4.78, 5) is 18.9. The second-order valence-electron chi connectivity index (χ2n) is 4.59. The average molecular weight is 220 g/mol. The van der Waals surface area contributed by atoms with Gasteiger partial charge in [0.2, 0.25) is 11.6 Å². The molecule has 0 aliphatic heterocycles. The van der Waals surface area contributed by atoms with Gasteiger partial charge in [0.15, 0.2) is 5.69 Å². The lowest BCUT2D eigenvalue weighted by atomic mass is 9.97. The number of carboxylic acid groups (broad SMARTS) is 1. The van der Waals surface area contributed by atoms with Crippen molar-refractivity contribution in [2.75, 3.05) is 0 Å². The lowest BCUT2D eigenvalue weighted by Crippen LogP contribution is -2.10. The zero-order valence-corrected chi connectivity index (χ0v) is 9.31. The second-order valence-corrected chi connectivity index (χ2v) is 4.59. The van der Waals surface area contributed by atoms with Crippen molar-refractivity contribution < 1.29 is 14.3 Å². The van der Waals surface area contributed by atoms with E-state index in [1.54, 1.807) is 6.07 Å². The van der Waals surface area contributed by atoms with Crippen LogP contribution in [-0.2, 0) is 5.41 Å². The first kappa shape index (κ1) is 10.6. The first-order valence-electron chi connectivity index (χ1n) is 4.89. The largest absolute Gasteiger partial charge is 0.477 e. The molecule has 0 aliphatic carbocycles. The number of oxazole rings is 1. The van der Waals surface area contributed by atoms with Crippen molar-refractivity contribution in [1.29, 1.82) is 0 Å². The van der Waals surface area contributed by atoms with Crippen LogP contribution in [0.1, 0.15) is 37.2 Å². The topological polar surface area (TPSA) is 76.2 Å². The smallest absolute Gasteiger partial charge is 0.354 e. The Morgan fingerprint density at radius 1 is 1.31 bits per heavy atom. The molecule has 0 bridgehead atoms. The third kappa shape index (κ3) is 1.76. The molecule has 0 radical (unpaired) electrons. The summed E-state index contributed by atoms with van der Waals surface area (Å²) in [7, 11) is 0. The minimum absolute atomic E-state index is 0.0379. The predicted molar refractivity (Wildman–Crippen MR) is 57.5 cm³/mol. The van der Waals surface area contributed by atoms with Crippen LogP contribution in [0.15, 0.2) is 16.5 Å². The molecular weight excluding hydrogens is 208 g/mol. The fourth-order valence-electron chi connectivity index (χ4n) is 1.26. The Morgan fingerprint density at radius 3 is 2.56 bits per heavy atom. The van der Waals surface area contributed by atoms with Crippen molar-refractivity contribution in [3.8, 4) is 0 Å². The predicted octanol–water partition coefficient (Wildman–Crippen LogP) is 2.22. The Balaban J connectivity index is 2.59. The molecule has 0 amide bonds. The molecular formula is C11H12N2O3. The van der Waals surface area contributed by atoms with Crippen LogP contribution in [0.25, 0.3) is 11.2 Å². The van der Waals surface area contributed by atoms with Crippen LogP contribution in [-0.4, -0.2) is 21.0 Å². The fraction of sp³-hybridized carbons (Fsp3) is 0.364. The number of aromatic carboxylic acids is 1. The van der Waals surface area contributed by atoms with Gasteiger partial charge in [0.25, 0.3) is 0 Å². The molecule has 2 aromatic rings. The molecule has 2 rings (SSSR count). The van der Waals surface area contributed by atoms with Crippen LogP contribution >= 0.6 is 0 Å².